The van der Waals surface area contributed by atoms with Crippen LogP contribution in [0.1, 0.15) is 42.5 Å². The van der Waals surface area contributed by atoms with E-state index in [9.17, 15) is 18.7 Å². The van der Waals surface area contributed by atoms with Crippen molar-refractivity contribution >= 4 is 5.91 Å². The summed E-state index contributed by atoms with van der Waals surface area (Å²) in [5.74, 6) is -0.908. The lowest BCUT2D eigenvalue weighted by atomic mass is 9.87. The normalized spacial score (nSPS) is 17.7. The number of hydrogen-bond donors (Lipinski definition) is 3. The van der Waals surface area contributed by atoms with Gasteiger partial charge in [0.1, 0.15) is 17.4 Å². The first-order chi connectivity index (χ1) is 14.4. The van der Waals surface area contributed by atoms with Gasteiger partial charge in [-0.3, -0.25) is 4.79 Å². The SMILES string of the molecule is COc1ccc2c(c1)C(NC[C@H](O)[C@H](Cc1cc(F)cc(F)c1)NC(C)=O)CCC2. The summed E-state index contributed by atoms with van der Waals surface area (Å²) in [6, 6.07) is 8.62. The Morgan fingerprint density at radius 3 is 2.63 bits per heavy atom. The Hall–Kier alpha value is -2.51. The van der Waals surface area contributed by atoms with Crippen molar-refractivity contribution in [2.45, 2.75) is 50.8 Å². The molecule has 7 heteroatoms. The van der Waals surface area contributed by atoms with Crippen LogP contribution >= 0.6 is 0 Å². The summed E-state index contributed by atoms with van der Waals surface area (Å²) >= 11 is 0. The Kier molecular flexibility index (Phi) is 7.39. The molecule has 0 fully saturated rings. The fraction of sp³-hybridized carbons (Fsp3) is 0.435. The third kappa shape index (κ3) is 5.77. The van der Waals surface area contributed by atoms with Gasteiger partial charge < -0.3 is 20.5 Å². The largest absolute Gasteiger partial charge is 0.497 e. The molecular formula is C23H28F2N2O3. The number of amides is 1. The summed E-state index contributed by atoms with van der Waals surface area (Å²) < 4.78 is 32.4. The predicted molar refractivity (Wildman–Crippen MR) is 110 cm³/mol. The van der Waals surface area contributed by atoms with Crippen molar-refractivity contribution in [2.75, 3.05) is 13.7 Å². The summed E-state index contributed by atoms with van der Waals surface area (Å²) in [4.78, 5) is 11.6. The number of nitrogens with one attached hydrogen (secondary N) is 2. The highest BCUT2D eigenvalue weighted by molar-refractivity contribution is 5.73. The molecule has 0 spiro atoms. The zero-order chi connectivity index (χ0) is 21.7. The average molecular weight is 418 g/mol. The number of ether oxygens (including phenoxy) is 1. The summed E-state index contributed by atoms with van der Waals surface area (Å²) in [6.07, 6.45) is 2.14. The Bertz CT molecular complexity index is 870. The van der Waals surface area contributed by atoms with Gasteiger partial charge in [0.25, 0.3) is 0 Å². The number of aliphatic hydroxyl groups is 1. The molecule has 1 aliphatic rings. The van der Waals surface area contributed by atoms with E-state index in [1.54, 1.807) is 7.11 Å². The highest BCUT2D eigenvalue weighted by Gasteiger charge is 2.25. The first kappa shape index (κ1) is 22.2. The maximum atomic E-state index is 13.5. The van der Waals surface area contributed by atoms with E-state index in [1.165, 1.54) is 24.6 Å². The second-order valence-electron chi connectivity index (χ2n) is 7.77. The molecule has 0 bridgehead atoms. The fourth-order valence-corrected chi connectivity index (χ4v) is 4.05. The van der Waals surface area contributed by atoms with Gasteiger partial charge in [0, 0.05) is 25.6 Å². The molecule has 0 saturated carbocycles. The predicted octanol–water partition coefficient (Wildman–Crippen LogP) is 3.05. The van der Waals surface area contributed by atoms with Gasteiger partial charge in [-0.2, -0.15) is 0 Å². The highest BCUT2D eigenvalue weighted by Crippen LogP contribution is 2.32. The van der Waals surface area contributed by atoms with E-state index in [4.69, 9.17) is 4.74 Å². The Morgan fingerprint density at radius 2 is 1.97 bits per heavy atom. The topological polar surface area (TPSA) is 70.6 Å². The number of halogens is 2. The molecule has 0 aliphatic heterocycles. The van der Waals surface area contributed by atoms with Gasteiger partial charge in [-0.05, 0) is 66.6 Å². The minimum atomic E-state index is -0.934. The van der Waals surface area contributed by atoms with Crippen LogP contribution in [0.5, 0.6) is 5.75 Å². The number of hydrogen-bond acceptors (Lipinski definition) is 4. The molecule has 0 aromatic heterocycles. The van der Waals surface area contributed by atoms with Crippen molar-refractivity contribution in [3.05, 3.63) is 64.7 Å². The lowest BCUT2D eigenvalue weighted by molar-refractivity contribution is -0.120. The number of carbonyl (C=O) groups is 1. The van der Waals surface area contributed by atoms with E-state index < -0.39 is 23.8 Å². The van der Waals surface area contributed by atoms with Crippen molar-refractivity contribution in [3.63, 3.8) is 0 Å². The molecular weight excluding hydrogens is 390 g/mol. The molecule has 3 atom stereocenters. The van der Waals surface area contributed by atoms with Crippen LogP contribution in [-0.4, -0.2) is 36.8 Å². The minimum Gasteiger partial charge on any atom is -0.497 e. The van der Waals surface area contributed by atoms with Crippen molar-refractivity contribution in [1.29, 1.82) is 0 Å². The maximum absolute atomic E-state index is 13.5. The summed E-state index contributed by atoms with van der Waals surface area (Å²) in [5, 5.41) is 16.8. The maximum Gasteiger partial charge on any atom is 0.217 e. The highest BCUT2D eigenvalue weighted by atomic mass is 19.1. The Balaban J connectivity index is 1.69. The quantitative estimate of drug-likeness (QED) is 0.616. The molecule has 3 N–H and O–H groups in total. The second kappa shape index (κ2) is 10.00. The first-order valence-electron chi connectivity index (χ1n) is 10.2. The average Bonchev–Trinajstić information content (AvgIpc) is 2.70. The molecule has 2 aromatic rings. The Labute approximate surface area is 175 Å². The molecule has 2 aromatic carbocycles. The first-order valence-corrected chi connectivity index (χ1v) is 10.2. The van der Waals surface area contributed by atoms with Crippen molar-refractivity contribution in [3.8, 4) is 5.75 Å². The molecule has 1 amide bonds. The second-order valence-corrected chi connectivity index (χ2v) is 7.77. The number of carbonyl (C=O) groups excluding carboxylic acids is 1. The molecule has 0 radical (unpaired) electrons. The molecule has 3 rings (SSSR count). The van der Waals surface area contributed by atoms with E-state index in [1.807, 2.05) is 12.1 Å². The monoisotopic (exact) mass is 418 g/mol. The smallest absolute Gasteiger partial charge is 0.217 e. The van der Waals surface area contributed by atoms with E-state index in [2.05, 4.69) is 16.7 Å². The number of aryl methyl sites for hydroxylation is 1. The molecule has 0 saturated heterocycles. The lowest BCUT2D eigenvalue weighted by Gasteiger charge is -2.30. The van der Waals surface area contributed by atoms with Crippen LogP contribution in [0.4, 0.5) is 8.78 Å². The lowest BCUT2D eigenvalue weighted by Crippen LogP contribution is -2.48. The summed E-state index contributed by atoms with van der Waals surface area (Å²) in [6.45, 7) is 1.58. The van der Waals surface area contributed by atoms with E-state index >= 15 is 0 Å². The number of fused-ring (bicyclic) bond motifs is 1. The fourth-order valence-electron chi connectivity index (χ4n) is 4.05. The van der Waals surface area contributed by atoms with Gasteiger partial charge in [-0.1, -0.05) is 6.07 Å². The third-order valence-corrected chi connectivity index (χ3v) is 5.47. The number of methoxy groups -OCH3 is 1. The van der Waals surface area contributed by atoms with Gasteiger partial charge in [-0.25, -0.2) is 8.78 Å². The van der Waals surface area contributed by atoms with Gasteiger partial charge in [-0.15, -0.1) is 0 Å². The van der Waals surface area contributed by atoms with E-state index in [0.717, 1.165) is 36.6 Å². The molecule has 5 nitrogen and oxygen atoms in total. The molecule has 162 valence electrons. The number of rotatable bonds is 8. The summed E-state index contributed by atoms with van der Waals surface area (Å²) in [7, 11) is 1.63. The zero-order valence-corrected chi connectivity index (χ0v) is 17.3. The van der Waals surface area contributed by atoms with Crippen LogP contribution in [0.2, 0.25) is 0 Å². The summed E-state index contributed by atoms with van der Waals surface area (Å²) in [5.41, 5.74) is 2.77. The van der Waals surface area contributed by atoms with Crippen LogP contribution in [0.3, 0.4) is 0 Å². The molecule has 1 unspecified atom stereocenters. The Morgan fingerprint density at radius 1 is 1.23 bits per heavy atom. The molecule has 1 aliphatic carbocycles. The number of aliphatic hydroxyl groups excluding tert-OH is 1. The van der Waals surface area contributed by atoms with E-state index in [-0.39, 0.29) is 24.9 Å². The standard InChI is InChI=1S/C23H28F2N2O3/c1-14(28)27-22(10-15-8-17(24)11-18(25)9-15)23(29)13-26-21-5-3-4-16-6-7-19(30-2)12-20(16)21/h6-9,11-12,21-23,26,29H,3-5,10,13H2,1-2H3,(H,27,28)/t21?,22-,23-/m0/s1. The van der Waals surface area contributed by atoms with E-state index in [0.29, 0.717) is 5.56 Å². The third-order valence-electron chi connectivity index (χ3n) is 5.47. The van der Waals surface area contributed by atoms with Crippen molar-refractivity contribution in [1.82, 2.24) is 10.6 Å². The zero-order valence-electron chi connectivity index (χ0n) is 17.3. The van der Waals surface area contributed by atoms with Crippen molar-refractivity contribution < 1.29 is 23.4 Å². The van der Waals surface area contributed by atoms with Crippen LogP contribution in [0.25, 0.3) is 0 Å². The van der Waals surface area contributed by atoms with Gasteiger partial charge >= 0.3 is 0 Å². The van der Waals surface area contributed by atoms with Gasteiger partial charge in [0.15, 0.2) is 0 Å². The van der Waals surface area contributed by atoms with Crippen molar-refractivity contribution in [2.24, 2.45) is 0 Å². The van der Waals surface area contributed by atoms with Gasteiger partial charge in [0.2, 0.25) is 5.91 Å². The number of benzene rings is 2. The molecule has 0 heterocycles. The van der Waals surface area contributed by atoms with Crippen LogP contribution in [-0.2, 0) is 17.6 Å². The molecule has 30 heavy (non-hydrogen) atoms. The van der Waals surface area contributed by atoms with Gasteiger partial charge in [0.05, 0.1) is 19.3 Å². The van der Waals surface area contributed by atoms with Crippen LogP contribution in [0.15, 0.2) is 36.4 Å². The van der Waals surface area contributed by atoms with Crippen LogP contribution in [0, 0.1) is 11.6 Å². The minimum absolute atomic E-state index is 0.0584. The van der Waals surface area contributed by atoms with Crippen LogP contribution < -0.4 is 15.4 Å².